The Hall–Kier alpha value is -0.210. The summed E-state index contributed by atoms with van der Waals surface area (Å²) in [5, 5.41) is 1.67. The number of halogens is 2. The first-order chi connectivity index (χ1) is 8.93. The SMILES string of the molecule is CN(c1ccc(CBr)c(Cl)c1)C1CCC(C)(C)CC1. The van der Waals surface area contributed by atoms with Crippen molar-refractivity contribution in [1.82, 2.24) is 0 Å². The van der Waals surface area contributed by atoms with E-state index in [1.807, 2.05) is 0 Å². The van der Waals surface area contributed by atoms with E-state index in [1.54, 1.807) is 0 Å². The minimum absolute atomic E-state index is 0.523. The van der Waals surface area contributed by atoms with Crippen molar-refractivity contribution in [3.63, 3.8) is 0 Å². The van der Waals surface area contributed by atoms with Crippen LogP contribution in [0.5, 0.6) is 0 Å². The molecule has 0 N–H and O–H groups in total. The molecule has 0 spiro atoms. The van der Waals surface area contributed by atoms with Crippen LogP contribution in [-0.2, 0) is 5.33 Å². The molecule has 1 aromatic rings. The Morgan fingerprint density at radius 1 is 1.32 bits per heavy atom. The lowest BCUT2D eigenvalue weighted by molar-refractivity contribution is 0.222. The van der Waals surface area contributed by atoms with Crippen LogP contribution in [0.2, 0.25) is 5.02 Å². The van der Waals surface area contributed by atoms with Gasteiger partial charge in [-0.3, -0.25) is 0 Å². The molecular formula is C16H23BrClN. The lowest BCUT2D eigenvalue weighted by Gasteiger charge is -2.39. The van der Waals surface area contributed by atoms with E-state index in [-0.39, 0.29) is 0 Å². The molecule has 1 aromatic carbocycles. The molecule has 1 saturated carbocycles. The van der Waals surface area contributed by atoms with E-state index in [0.717, 1.165) is 15.9 Å². The molecule has 0 radical (unpaired) electrons. The summed E-state index contributed by atoms with van der Waals surface area (Å²) in [6.45, 7) is 4.76. The lowest BCUT2D eigenvalue weighted by atomic mass is 9.75. The number of rotatable bonds is 3. The third-order valence-corrected chi connectivity index (χ3v) is 5.40. The molecule has 0 unspecified atom stereocenters. The van der Waals surface area contributed by atoms with Gasteiger partial charge in [-0.05, 0) is 48.8 Å². The van der Waals surface area contributed by atoms with Crippen LogP contribution < -0.4 is 4.90 Å². The summed E-state index contributed by atoms with van der Waals surface area (Å²) in [6.07, 6.45) is 5.19. The number of nitrogens with zero attached hydrogens (tertiary/aromatic N) is 1. The van der Waals surface area contributed by atoms with Gasteiger partial charge in [-0.25, -0.2) is 0 Å². The van der Waals surface area contributed by atoms with Crippen LogP contribution in [-0.4, -0.2) is 13.1 Å². The lowest BCUT2D eigenvalue weighted by Crippen LogP contribution is -2.37. The van der Waals surface area contributed by atoms with Crippen molar-refractivity contribution < 1.29 is 0 Å². The molecule has 0 aromatic heterocycles. The minimum Gasteiger partial charge on any atom is -0.372 e. The summed E-state index contributed by atoms with van der Waals surface area (Å²) in [5.41, 5.74) is 2.91. The van der Waals surface area contributed by atoms with Crippen LogP contribution in [0.1, 0.15) is 45.1 Å². The molecule has 19 heavy (non-hydrogen) atoms. The second kappa shape index (κ2) is 6.05. The van der Waals surface area contributed by atoms with Gasteiger partial charge in [0.1, 0.15) is 0 Å². The van der Waals surface area contributed by atoms with Crippen LogP contribution in [0.25, 0.3) is 0 Å². The van der Waals surface area contributed by atoms with E-state index in [2.05, 4.69) is 59.9 Å². The zero-order valence-electron chi connectivity index (χ0n) is 12.0. The topological polar surface area (TPSA) is 3.24 Å². The first-order valence-corrected chi connectivity index (χ1v) is 8.50. The van der Waals surface area contributed by atoms with Crippen LogP contribution in [0, 0.1) is 5.41 Å². The molecule has 1 aliphatic carbocycles. The van der Waals surface area contributed by atoms with Crippen molar-refractivity contribution in [3.05, 3.63) is 28.8 Å². The number of alkyl halides is 1. The van der Waals surface area contributed by atoms with Gasteiger partial charge in [0, 0.05) is 29.1 Å². The van der Waals surface area contributed by atoms with E-state index in [1.165, 1.54) is 31.4 Å². The summed E-state index contributed by atoms with van der Waals surface area (Å²) in [7, 11) is 2.20. The number of hydrogen-bond acceptors (Lipinski definition) is 1. The Morgan fingerprint density at radius 3 is 2.47 bits per heavy atom. The van der Waals surface area contributed by atoms with E-state index in [0.29, 0.717) is 11.5 Å². The summed E-state index contributed by atoms with van der Waals surface area (Å²) in [4.78, 5) is 2.40. The summed E-state index contributed by atoms with van der Waals surface area (Å²) in [5.74, 6) is 0. The van der Waals surface area contributed by atoms with Gasteiger partial charge in [-0.2, -0.15) is 0 Å². The molecule has 106 valence electrons. The highest BCUT2D eigenvalue weighted by Gasteiger charge is 2.28. The first kappa shape index (κ1) is 15.2. The standard InChI is InChI=1S/C16H23BrClN/c1-16(2)8-6-13(7-9-16)19(3)14-5-4-12(11-17)15(18)10-14/h4-5,10,13H,6-9,11H2,1-3H3. The van der Waals surface area contributed by atoms with Crippen LogP contribution in [0.4, 0.5) is 5.69 Å². The summed E-state index contributed by atoms with van der Waals surface area (Å²) in [6, 6.07) is 7.05. The molecule has 0 saturated heterocycles. The van der Waals surface area contributed by atoms with Crippen molar-refractivity contribution in [3.8, 4) is 0 Å². The largest absolute Gasteiger partial charge is 0.372 e. The Morgan fingerprint density at radius 2 is 1.95 bits per heavy atom. The Kier molecular flexibility index (Phi) is 4.84. The maximum atomic E-state index is 6.30. The molecule has 1 aliphatic rings. The van der Waals surface area contributed by atoms with Gasteiger partial charge in [0.25, 0.3) is 0 Å². The quantitative estimate of drug-likeness (QED) is 0.641. The second-order valence-corrected chi connectivity index (χ2v) is 7.38. The molecule has 0 aliphatic heterocycles. The molecule has 3 heteroatoms. The molecule has 2 rings (SSSR count). The van der Waals surface area contributed by atoms with Crippen molar-refractivity contribution in [2.45, 2.75) is 50.9 Å². The average Bonchev–Trinajstić information content (AvgIpc) is 2.38. The fraction of sp³-hybridized carbons (Fsp3) is 0.625. The van der Waals surface area contributed by atoms with Gasteiger partial charge in [-0.1, -0.05) is 47.4 Å². The number of hydrogen-bond donors (Lipinski definition) is 0. The van der Waals surface area contributed by atoms with E-state index >= 15 is 0 Å². The summed E-state index contributed by atoms with van der Waals surface area (Å²) < 4.78 is 0. The first-order valence-electron chi connectivity index (χ1n) is 7.00. The zero-order chi connectivity index (χ0) is 14.0. The maximum Gasteiger partial charge on any atom is 0.0467 e. The maximum absolute atomic E-state index is 6.30. The molecule has 0 bridgehead atoms. The van der Waals surface area contributed by atoms with E-state index in [4.69, 9.17) is 11.6 Å². The third-order valence-electron chi connectivity index (χ3n) is 4.44. The highest BCUT2D eigenvalue weighted by molar-refractivity contribution is 9.08. The highest BCUT2D eigenvalue weighted by Crippen LogP contribution is 2.38. The number of benzene rings is 1. The normalized spacial score (nSPS) is 19.4. The average molecular weight is 345 g/mol. The molecule has 1 nitrogen and oxygen atoms in total. The van der Waals surface area contributed by atoms with Gasteiger partial charge < -0.3 is 4.90 Å². The molecule has 0 atom stereocenters. The zero-order valence-corrected chi connectivity index (χ0v) is 14.4. The Labute approximate surface area is 130 Å². The van der Waals surface area contributed by atoms with Gasteiger partial charge in [0.2, 0.25) is 0 Å². The van der Waals surface area contributed by atoms with Crippen LogP contribution >= 0.6 is 27.5 Å². The third kappa shape index (κ3) is 3.66. The van der Waals surface area contributed by atoms with Crippen molar-refractivity contribution in [2.24, 2.45) is 5.41 Å². The van der Waals surface area contributed by atoms with Gasteiger partial charge in [-0.15, -0.1) is 0 Å². The van der Waals surface area contributed by atoms with Gasteiger partial charge in [0.05, 0.1) is 0 Å². The highest BCUT2D eigenvalue weighted by atomic mass is 79.9. The summed E-state index contributed by atoms with van der Waals surface area (Å²) >= 11 is 9.76. The molecule has 0 amide bonds. The van der Waals surface area contributed by atoms with Gasteiger partial charge in [0.15, 0.2) is 0 Å². The van der Waals surface area contributed by atoms with Crippen molar-refractivity contribution in [2.75, 3.05) is 11.9 Å². The predicted molar refractivity (Wildman–Crippen MR) is 88.5 cm³/mol. The van der Waals surface area contributed by atoms with Gasteiger partial charge >= 0.3 is 0 Å². The molecular weight excluding hydrogens is 322 g/mol. The molecule has 1 fully saturated rings. The number of anilines is 1. The van der Waals surface area contributed by atoms with E-state index in [9.17, 15) is 0 Å². The fourth-order valence-corrected chi connectivity index (χ4v) is 3.74. The molecule has 0 heterocycles. The van der Waals surface area contributed by atoms with E-state index < -0.39 is 0 Å². The van der Waals surface area contributed by atoms with Crippen molar-refractivity contribution in [1.29, 1.82) is 0 Å². The second-order valence-electron chi connectivity index (χ2n) is 6.42. The Bertz CT molecular complexity index is 434. The smallest absolute Gasteiger partial charge is 0.0467 e. The van der Waals surface area contributed by atoms with Crippen molar-refractivity contribution >= 4 is 33.2 Å². The predicted octanol–water partition coefficient (Wildman–Crippen LogP) is 5.64. The van der Waals surface area contributed by atoms with Crippen LogP contribution in [0.15, 0.2) is 18.2 Å². The Balaban J connectivity index is 2.08. The fourth-order valence-electron chi connectivity index (χ4n) is 2.85. The van der Waals surface area contributed by atoms with Crippen LogP contribution in [0.3, 0.4) is 0 Å². The monoisotopic (exact) mass is 343 g/mol. The minimum atomic E-state index is 0.523.